The Morgan fingerprint density at radius 3 is 2.50 bits per heavy atom. The summed E-state index contributed by atoms with van der Waals surface area (Å²) in [6.07, 6.45) is 1.93. The minimum atomic E-state index is -2.95. The van der Waals surface area contributed by atoms with Crippen LogP contribution in [-0.4, -0.2) is 55.2 Å². The van der Waals surface area contributed by atoms with Crippen LogP contribution in [0.25, 0.3) is 0 Å². The van der Waals surface area contributed by atoms with E-state index in [2.05, 4.69) is 5.32 Å². The highest BCUT2D eigenvalue weighted by Crippen LogP contribution is 2.09. The van der Waals surface area contributed by atoms with Gasteiger partial charge in [0.1, 0.15) is 0 Å². The zero-order valence-electron chi connectivity index (χ0n) is 10.5. The van der Waals surface area contributed by atoms with Gasteiger partial charge < -0.3 is 10.4 Å². The molecule has 0 rings (SSSR count). The second kappa shape index (κ2) is 6.83. The predicted molar refractivity (Wildman–Crippen MR) is 70.8 cm³/mol. The number of aliphatic hydroxyl groups is 1. The zero-order chi connectivity index (χ0) is 12.8. The number of sulfone groups is 1. The van der Waals surface area contributed by atoms with E-state index in [0.717, 1.165) is 0 Å². The van der Waals surface area contributed by atoms with Gasteiger partial charge in [-0.25, -0.2) is 8.42 Å². The average Bonchev–Trinajstić information content (AvgIpc) is 2.14. The van der Waals surface area contributed by atoms with Gasteiger partial charge in [0.2, 0.25) is 0 Å². The third kappa shape index (κ3) is 7.49. The molecule has 0 aromatic carbocycles. The fourth-order valence-corrected chi connectivity index (χ4v) is 3.15. The second-order valence-electron chi connectivity index (χ2n) is 4.41. The lowest BCUT2D eigenvalue weighted by atomic mass is 10.1. The molecule has 2 unspecified atom stereocenters. The van der Waals surface area contributed by atoms with Crippen molar-refractivity contribution in [3.8, 4) is 0 Å². The Balaban J connectivity index is 4.03. The molecule has 0 aliphatic heterocycles. The molecule has 4 nitrogen and oxygen atoms in total. The number of hydrogen-bond donors (Lipinski definition) is 2. The van der Waals surface area contributed by atoms with Crippen LogP contribution in [-0.2, 0) is 9.84 Å². The van der Waals surface area contributed by atoms with E-state index >= 15 is 0 Å². The van der Waals surface area contributed by atoms with E-state index in [-0.39, 0.29) is 17.5 Å². The first-order chi connectivity index (χ1) is 7.22. The van der Waals surface area contributed by atoms with Crippen molar-refractivity contribution in [1.82, 2.24) is 5.32 Å². The standard InChI is InChI=1S/C10H23NO3S2/c1-5-16(13,14)6-9(2)11-7-10(3,12)8-15-4/h9,11-12H,5-8H2,1-4H3. The van der Waals surface area contributed by atoms with Gasteiger partial charge in [-0.2, -0.15) is 11.8 Å². The summed E-state index contributed by atoms with van der Waals surface area (Å²) in [5.74, 6) is 0.923. The Hall–Kier alpha value is 0.220. The maximum Gasteiger partial charge on any atom is 0.151 e. The topological polar surface area (TPSA) is 66.4 Å². The van der Waals surface area contributed by atoms with Crippen molar-refractivity contribution in [3.63, 3.8) is 0 Å². The molecule has 0 aromatic heterocycles. The van der Waals surface area contributed by atoms with Crippen LogP contribution in [0.5, 0.6) is 0 Å². The summed E-state index contributed by atoms with van der Waals surface area (Å²) < 4.78 is 22.7. The van der Waals surface area contributed by atoms with E-state index in [9.17, 15) is 13.5 Å². The molecule has 2 atom stereocenters. The van der Waals surface area contributed by atoms with Gasteiger partial charge >= 0.3 is 0 Å². The van der Waals surface area contributed by atoms with E-state index in [1.165, 1.54) is 0 Å². The zero-order valence-corrected chi connectivity index (χ0v) is 12.1. The van der Waals surface area contributed by atoms with Gasteiger partial charge in [-0.1, -0.05) is 6.92 Å². The molecule has 0 amide bonds. The van der Waals surface area contributed by atoms with E-state index in [0.29, 0.717) is 12.3 Å². The molecule has 6 heteroatoms. The summed E-state index contributed by atoms with van der Waals surface area (Å²) >= 11 is 1.57. The summed E-state index contributed by atoms with van der Waals surface area (Å²) in [5, 5.41) is 12.9. The van der Waals surface area contributed by atoms with Crippen molar-refractivity contribution in [2.24, 2.45) is 0 Å². The summed E-state index contributed by atoms with van der Waals surface area (Å²) in [7, 11) is -2.95. The van der Waals surface area contributed by atoms with Crippen LogP contribution in [0.1, 0.15) is 20.8 Å². The van der Waals surface area contributed by atoms with Crippen molar-refractivity contribution in [2.75, 3.05) is 30.1 Å². The van der Waals surface area contributed by atoms with Crippen LogP contribution in [0.4, 0.5) is 0 Å². The fourth-order valence-electron chi connectivity index (χ4n) is 1.31. The molecule has 0 bridgehead atoms. The van der Waals surface area contributed by atoms with E-state index in [4.69, 9.17) is 0 Å². The molecule has 0 heterocycles. The highest BCUT2D eigenvalue weighted by atomic mass is 32.2. The van der Waals surface area contributed by atoms with Gasteiger partial charge in [0.05, 0.1) is 11.4 Å². The fraction of sp³-hybridized carbons (Fsp3) is 1.00. The van der Waals surface area contributed by atoms with Gasteiger partial charge in [-0.15, -0.1) is 0 Å². The molecule has 0 aromatic rings. The smallest absolute Gasteiger partial charge is 0.151 e. The number of rotatable bonds is 8. The summed E-state index contributed by atoms with van der Waals surface area (Å²) in [4.78, 5) is 0. The number of thioether (sulfide) groups is 1. The van der Waals surface area contributed by atoms with Crippen LogP contribution < -0.4 is 5.32 Å². The maximum atomic E-state index is 11.4. The summed E-state index contributed by atoms with van der Waals surface area (Å²) in [6, 6.07) is -0.127. The molecule has 16 heavy (non-hydrogen) atoms. The lowest BCUT2D eigenvalue weighted by Crippen LogP contribution is -2.45. The van der Waals surface area contributed by atoms with E-state index in [1.54, 1.807) is 25.6 Å². The van der Waals surface area contributed by atoms with E-state index < -0.39 is 15.4 Å². The average molecular weight is 269 g/mol. The first-order valence-electron chi connectivity index (χ1n) is 5.37. The van der Waals surface area contributed by atoms with Gasteiger partial charge in [-0.3, -0.25) is 0 Å². The highest BCUT2D eigenvalue weighted by Gasteiger charge is 2.21. The lowest BCUT2D eigenvalue weighted by molar-refractivity contribution is 0.0828. The third-order valence-corrected chi connectivity index (χ3v) is 5.03. The Kier molecular flexibility index (Phi) is 6.93. The molecular formula is C10H23NO3S2. The maximum absolute atomic E-state index is 11.4. The van der Waals surface area contributed by atoms with Crippen molar-refractivity contribution in [3.05, 3.63) is 0 Å². The Bertz CT molecular complexity index is 288. The molecule has 2 N–H and O–H groups in total. The molecule has 0 aliphatic carbocycles. The molecule has 0 saturated heterocycles. The van der Waals surface area contributed by atoms with Crippen molar-refractivity contribution >= 4 is 21.6 Å². The number of nitrogens with one attached hydrogen (secondary N) is 1. The van der Waals surface area contributed by atoms with Crippen LogP contribution in [0, 0.1) is 0 Å². The molecule has 0 saturated carbocycles. The Morgan fingerprint density at radius 1 is 1.50 bits per heavy atom. The third-order valence-electron chi connectivity index (χ3n) is 2.23. The van der Waals surface area contributed by atoms with Gasteiger partial charge in [-0.05, 0) is 20.1 Å². The first kappa shape index (κ1) is 16.2. The predicted octanol–water partition coefficient (Wildman–Crippen LogP) is 0.513. The SMILES string of the molecule is CCS(=O)(=O)CC(C)NCC(C)(O)CSC. The molecule has 0 fully saturated rings. The van der Waals surface area contributed by atoms with Gasteiger partial charge in [0, 0.05) is 24.1 Å². The van der Waals surface area contributed by atoms with Crippen LogP contribution in [0.2, 0.25) is 0 Å². The van der Waals surface area contributed by atoms with Gasteiger partial charge in [0.15, 0.2) is 9.84 Å². The first-order valence-corrected chi connectivity index (χ1v) is 8.59. The van der Waals surface area contributed by atoms with Crippen molar-refractivity contribution in [1.29, 1.82) is 0 Å². The number of hydrogen-bond acceptors (Lipinski definition) is 5. The molecular weight excluding hydrogens is 246 g/mol. The highest BCUT2D eigenvalue weighted by molar-refractivity contribution is 7.98. The van der Waals surface area contributed by atoms with Crippen LogP contribution in [0.3, 0.4) is 0 Å². The molecule has 0 radical (unpaired) electrons. The second-order valence-corrected chi connectivity index (χ2v) is 7.67. The lowest BCUT2D eigenvalue weighted by Gasteiger charge is -2.25. The minimum Gasteiger partial charge on any atom is -0.388 e. The van der Waals surface area contributed by atoms with E-state index in [1.807, 2.05) is 13.2 Å². The molecule has 0 aliphatic rings. The summed E-state index contributed by atoms with van der Waals surface area (Å²) in [5.41, 5.74) is -0.788. The molecule has 0 spiro atoms. The molecule has 98 valence electrons. The normalized spacial score (nSPS) is 18.1. The Morgan fingerprint density at radius 2 is 2.06 bits per heavy atom. The minimum absolute atomic E-state index is 0.124. The van der Waals surface area contributed by atoms with Gasteiger partial charge in [0.25, 0.3) is 0 Å². The monoisotopic (exact) mass is 269 g/mol. The van der Waals surface area contributed by atoms with Crippen molar-refractivity contribution < 1.29 is 13.5 Å². The quantitative estimate of drug-likeness (QED) is 0.672. The largest absolute Gasteiger partial charge is 0.388 e. The summed E-state index contributed by atoms with van der Waals surface area (Å²) in [6.45, 7) is 5.63. The Labute approximate surface area is 103 Å². The van der Waals surface area contributed by atoms with Crippen LogP contribution >= 0.6 is 11.8 Å². The van der Waals surface area contributed by atoms with Crippen LogP contribution in [0.15, 0.2) is 0 Å². The van der Waals surface area contributed by atoms with Crippen molar-refractivity contribution in [2.45, 2.75) is 32.4 Å².